The van der Waals surface area contributed by atoms with Gasteiger partial charge in [-0.2, -0.15) is 0 Å². The van der Waals surface area contributed by atoms with Crippen molar-refractivity contribution in [2.45, 2.75) is 20.0 Å². The van der Waals surface area contributed by atoms with Crippen molar-refractivity contribution in [3.05, 3.63) is 29.3 Å². The molecule has 0 amide bonds. The van der Waals surface area contributed by atoms with Crippen molar-refractivity contribution in [2.75, 3.05) is 6.61 Å². The minimum absolute atomic E-state index is 0.196. The number of benzene rings is 1. The molecule has 0 heterocycles. The zero-order valence-corrected chi connectivity index (χ0v) is 10.4. The van der Waals surface area contributed by atoms with Gasteiger partial charge in [-0.1, -0.05) is 17.7 Å². The molecule has 0 aromatic heterocycles. The second kappa shape index (κ2) is 6.25. The molecule has 1 aromatic rings. The summed E-state index contributed by atoms with van der Waals surface area (Å²) in [6, 6.07) is 6.47. The molecule has 4 nitrogen and oxygen atoms in total. The summed E-state index contributed by atoms with van der Waals surface area (Å²) >= 11 is 5.77. The molecular weight excluding hydrogens is 244 g/mol. The van der Waals surface area contributed by atoms with Gasteiger partial charge in [0, 0.05) is 5.02 Å². The van der Waals surface area contributed by atoms with E-state index in [1.54, 1.807) is 25.1 Å². The second-order valence-electron chi connectivity index (χ2n) is 3.32. The molecule has 1 aromatic carbocycles. The molecule has 92 valence electrons. The molecule has 1 rings (SSSR count). The van der Waals surface area contributed by atoms with Crippen LogP contribution in [0.3, 0.4) is 0 Å². The number of carbonyl (C=O) groups is 2. The number of halogens is 1. The van der Waals surface area contributed by atoms with Crippen LogP contribution in [-0.2, 0) is 14.3 Å². The number of hydrogen-bond donors (Lipinski definition) is 0. The molecule has 0 aliphatic carbocycles. The number of Topliss-reactive ketones (excluding diaryl/α,β-unsaturated/α-hetero) is 1. The number of ketones is 1. The van der Waals surface area contributed by atoms with Crippen molar-refractivity contribution < 1.29 is 19.1 Å². The van der Waals surface area contributed by atoms with E-state index in [-0.39, 0.29) is 6.61 Å². The number of hydrogen-bond acceptors (Lipinski definition) is 4. The summed E-state index contributed by atoms with van der Waals surface area (Å²) < 4.78 is 10.0. The Hall–Kier alpha value is -1.55. The number of rotatable bonds is 5. The summed E-state index contributed by atoms with van der Waals surface area (Å²) in [6.07, 6.45) is -1.24. The molecule has 1 unspecified atom stereocenters. The van der Waals surface area contributed by atoms with E-state index in [1.807, 2.05) is 0 Å². The monoisotopic (exact) mass is 256 g/mol. The first-order chi connectivity index (χ1) is 8.04. The average molecular weight is 257 g/mol. The van der Waals surface area contributed by atoms with E-state index < -0.39 is 17.9 Å². The van der Waals surface area contributed by atoms with E-state index in [9.17, 15) is 9.59 Å². The van der Waals surface area contributed by atoms with Crippen LogP contribution in [0.25, 0.3) is 0 Å². The predicted octanol–water partition coefficient (Wildman–Crippen LogP) is 2.24. The van der Waals surface area contributed by atoms with Gasteiger partial charge in [0.15, 0.2) is 5.78 Å². The fourth-order valence-electron chi connectivity index (χ4n) is 1.19. The summed E-state index contributed by atoms with van der Waals surface area (Å²) in [4.78, 5) is 22.8. The third-order valence-corrected chi connectivity index (χ3v) is 2.16. The number of esters is 1. The fraction of sp³-hybridized carbons (Fsp3) is 0.333. The largest absolute Gasteiger partial charge is 0.471 e. The Morgan fingerprint density at radius 1 is 1.41 bits per heavy atom. The predicted molar refractivity (Wildman–Crippen MR) is 63.2 cm³/mol. The van der Waals surface area contributed by atoms with Gasteiger partial charge in [-0.3, -0.25) is 4.79 Å². The maximum absolute atomic E-state index is 11.5. The van der Waals surface area contributed by atoms with Crippen LogP contribution in [0.1, 0.15) is 13.8 Å². The zero-order chi connectivity index (χ0) is 12.8. The van der Waals surface area contributed by atoms with E-state index in [0.29, 0.717) is 10.8 Å². The highest BCUT2D eigenvalue weighted by atomic mass is 35.5. The Labute approximate surface area is 104 Å². The van der Waals surface area contributed by atoms with Crippen molar-refractivity contribution in [1.29, 1.82) is 0 Å². The lowest BCUT2D eigenvalue weighted by Gasteiger charge is -2.14. The molecule has 5 heteroatoms. The Bertz CT molecular complexity index is 417. The molecule has 0 radical (unpaired) electrons. The summed E-state index contributed by atoms with van der Waals surface area (Å²) in [7, 11) is 0. The highest BCUT2D eigenvalue weighted by Gasteiger charge is 2.26. The topological polar surface area (TPSA) is 52.6 Å². The lowest BCUT2D eigenvalue weighted by Crippen LogP contribution is -2.35. The molecule has 1 atom stereocenters. The second-order valence-corrected chi connectivity index (χ2v) is 3.75. The Kier molecular flexibility index (Phi) is 4.97. The first-order valence-electron chi connectivity index (χ1n) is 5.14. The van der Waals surface area contributed by atoms with Gasteiger partial charge in [0.05, 0.1) is 6.61 Å². The standard InChI is InChI=1S/C12H13ClO4/c1-3-16-12(15)11(8(2)14)17-10-6-4-5-9(13)7-10/h4-7,11H,3H2,1-2H3. The molecular formula is C12H13ClO4. The van der Waals surface area contributed by atoms with Crippen molar-refractivity contribution in [3.63, 3.8) is 0 Å². The van der Waals surface area contributed by atoms with E-state index in [4.69, 9.17) is 21.1 Å². The highest BCUT2D eigenvalue weighted by Crippen LogP contribution is 2.18. The smallest absolute Gasteiger partial charge is 0.355 e. The average Bonchev–Trinajstić information content (AvgIpc) is 2.26. The summed E-state index contributed by atoms with van der Waals surface area (Å²) in [6.45, 7) is 3.13. The SMILES string of the molecule is CCOC(=O)C(Oc1cccc(Cl)c1)C(C)=O. The van der Waals surface area contributed by atoms with Crippen molar-refractivity contribution in [2.24, 2.45) is 0 Å². The third kappa shape index (κ3) is 4.07. The molecule has 0 aliphatic heterocycles. The van der Waals surface area contributed by atoms with Gasteiger partial charge in [0.1, 0.15) is 5.75 Å². The first-order valence-corrected chi connectivity index (χ1v) is 5.51. The molecule has 0 fully saturated rings. The summed E-state index contributed by atoms with van der Waals surface area (Å²) in [5.74, 6) is -0.755. The van der Waals surface area contributed by atoms with Gasteiger partial charge in [-0.25, -0.2) is 4.79 Å². The Morgan fingerprint density at radius 3 is 2.65 bits per heavy atom. The van der Waals surface area contributed by atoms with Crippen molar-refractivity contribution >= 4 is 23.4 Å². The van der Waals surface area contributed by atoms with Crippen LogP contribution < -0.4 is 4.74 Å². The van der Waals surface area contributed by atoms with Crippen LogP contribution >= 0.6 is 11.6 Å². The summed E-state index contributed by atoms with van der Waals surface area (Å²) in [5, 5.41) is 0.466. The molecule has 0 N–H and O–H groups in total. The van der Waals surface area contributed by atoms with Crippen molar-refractivity contribution in [1.82, 2.24) is 0 Å². The quantitative estimate of drug-likeness (QED) is 0.599. The lowest BCUT2D eigenvalue weighted by molar-refractivity contribution is -0.154. The molecule has 0 spiro atoms. The van der Waals surface area contributed by atoms with E-state index in [2.05, 4.69) is 0 Å². The molecule has 17 heavy (non-hydrogen) atoms. The van der Waals surface area contributed by atoms with Crippen LogP contribution in [0.2, 0.25) is 5.02 Å². The van der Waals surface area contributed by atoms with Crippen LogP contribution in [0.4, 0.5) is 0 Å². The van der Waals surface area contributed by atoms with Gasteiger partial charge in [-0.05, 0) is 32.0 Å². The maximum atomic E-state index is 11.5. The minimum Gasteiger partial charge on any atom is -0.471 e. The van der Waals surface area contributed by atoms with Gasteiger partial charge in [-0.15, -0.1) is 0 Å². The fourth-order valence-corrected chi connectivity index (χ4v) is 1.37. The van der Waals surface area contributed by atoms with E-state index in [0.717, 1.165) is 0 Å². The number of carbonyl (C=O) groups excluding carboxylic acids is 2. The minimum atomic E-state index is -1.24. The molecule has 0 aliphatic rings. The van der Waals surface area contributed by atoms with Crippen LogP contribution in [0.5, 0.6) is 5.75 Å². The first kappa shape index (κ1) is 13.5. The molecule has 0 saturated heterocycles. The van der Waals surface area contributed by atoms with Crippen LogP contribution in [0, 0.1) is 0 Å². The van der Waals surface area contributed by atoms with Crippen LogP contribution in [0.15, 0.2) is 24.3 Å². The zero-order valence-electron chi connectivity index (χ0n) is 9.60. The Balaban J connectivity index is 2.80. The van der Waals surface area contributed by atoms with Crippen molar-refractivity contribution in [3.8, 4) is 5.75 Å². The van der Waals surface area contributed by atoms with Gasteiger partial charge < -0.3 is 9.47 Å². The lowest BCUT2D eigenvalue weighted by atomic mass is 10.2. The normalized spacial score (nSPS) is 11.7. The highest BCUT2D eigenvalue weighted by molar-refractivity contribution is 6.30. The summed E-state index contributed by atoms with van der Waals surface area (Å²) in [5.41, 5.74) is 0. The Morgan fingerprint density at radius 2 is 2.12 bits per heavy atom. The molecule has 0 saturated carbocycles. The van der Waals surface area contributed by atoms with E-state index >= 15 is 0 Å². The van der Waals surface area contributed by atoms with Gasteiger partial charge in [0.25, 0.3) is 6.10 Å². The van der Waals surface area contributed by atoms with E-state index in [1.165, 1.54) is 13.0 Å². The van der Waals surface area contributed by atoms with Gasteiger partial charge in [0.2, 0.25) is 0 Å². The maximum Gasteiger partial charge on any atom is 0.355 e. The van der Waals surface area contributed by atoms with Gasteiger partial charge >= 0.3 is 5.97 Å². The number of ether oxygens (including phenoxy) is 2. The molecule has 0 bridgehead atoms. The van der Waals surface area contributed by atoms with Crippen LogP contribution in [-0.4, -0.2) is 24.5 Å². The third-order valence-electron chi connectivity index (χ3n) is 1.92.